The molecule has 0 bridgehead atoms. The molecule has 1 saturated heterocycles. The van der Waals surface area contributed by atoms with E-state index in [9.17, 15) is 0 Å². The fourth-order valence-corrected chi connectivity index (χ4v) is 3.63. The van der Waals surface area contributed by atoms with Gasteiger partial charge in [0, 0.05) is 23.7 Å². The van der Waals surface area contributed by atoms with Gasteiger partial charge < -0.3 is 14.1 Å². The molecule has 2 heterocycles. The average molecular weight is 384 g/mol. The Morgan fingerprint density at radius 1 is 1.19 bits per heavy atom. The van der Waals surface area contributed by atoms with Crippen molar-refractivity contribution in [3.8, 4) is 17.2 Å². The summed E-state index contributed by atoms with van der Waals surface area (Å²) in [5.41, 5.74) is 1.92. The average Bonchev–Trinajstić information content (AvgIpc) is 3.16. The molecular weight excluding hydrogens is 362 g/mol. The monoisotopic (exact) mass is 383 g/mol. The van der Waals surface area contributed by atoms with Gasteiger partial charge in [-0.3, -0.25) is 0 Å². The summed E-state index contributed by atoms with van der Waals surface area (Å²) in [5.74, 6) is 2.41. The highest BCUT2D eigenvalue weighted by Gasteiger charge is 2.19. The highest BCUT2D eigenvalue weighted by Crippen LogP contribution is 2.32. The largest absolute Gasteiger partial charge is 0.482 e. The van der Waals surface area contributed by atoms with E-state index in [1.807, 2.05) is 36.4 Å². The number of hydrogen-bond acceptors (Lipinski definition) is 5. The van der Waals surface area contributed by atoms with Crippen LogP contribution in [0, 0.1) is 5.92 Å². The van der Waals surface area contributed by atoms with Crippen LogP contribution < -0.4 is 9.64 Å². The molecule has 27 heavy (non-hydrogen) atoms. The number of nitrogens with zero attached hydrogens (tertiary/aromatic N) is 3. The minimum absolute atomic E-state index is 0.230. The second kappa shape index (κ2) is 8.01. The molecule has 5 nitrogen and oxygen atoms in total. The highest BCUT2D eigenvalue weighted by molar-refractivity contribution is 6.30. The van der Waals surface area contributed by atoms with Crippen molar-refractivity contribution >= 4 is 17.3 Å². The van der Waals surface area contributed by atoms with Gasteiger partial charge >= 0.3 is 0 Å². The smallest absolute Gasteiger partial charge is 0.254 e. The fourth-order valence-electron chi connectivity index (χ4n) is 3.44. The van der Waals surface area contributed by atoms with E-state index in [1.54, 1.807) is 6.07 Å². The maximum absolute atomic E-state index is 6.02. The van der Waals surface area contributed by atoms with E-state index in [0.29, 0.717) is 22.7 Å². The molecule has 1 aliphatic rings. The molecule has 3 aromatic rings. The predicted molar refractivity (Wildman–Crippen MR) is 106 cm³/mol. The lowest BCUT2D eigenvalue weighted by Gasteiger charge is -2.33. The van der Waals surface area contributed by atoms with E-state index >= 15 is 0 Å². The summed E-state index contributed by atoms with van der Waals surface area (Å²) >= 11 is 6.02. The van der Waals surface area contributed by atoms with Crippen LogP contribution >= 0.6 is 11.6 Å². The molecule has 0 N–H and O–H groups in total. The van der Waals surface area contributed by atoms with Crippen molar-refractivity contribution in [2.24, 2.45) is 5.92 Å². The molecule has 140 valence electrons. The second-order valence-electron chi connectivity index (χ2n) is 6.96. The van der Waals surface area contributed by atoms with Gasteiger partial charge in [-0.05, 0) is 49.1 Å². The van der Waals surface area contributed by atoms with Crippen molar-refractivity contribution < 1.29 is 9.15 Å². The number of rotatable bonds is 5. The Morgan fingerprint density at radius 2 is 2.07 bits per heavy atom. The van der Waals surface area contributed by atoms with Crippen molar-refractivity contribution in [2.75, 3.05) is 18.0 Å². The van der Waals surface area contributed by atoms with Crippen molar-refractivity contribution in [1.82, 2.24) is 10.2 Å². The van der Waals surface area contributed by atoms with E-state index in [0.717, 1.165) is 30.1 Å². The molecule has 0 aliphatic carbocycles. The zero-order valence-electron chi connectivity index (χ0n) is 15.3. The Morgan fingerprint density at radius 3 is 2.93 bits per heavy atom. The lowest BCUT2D eigenvalue weighted by Crippen LogP contribution is -2.34. The van der Waals surface area contributed by atoms with E-state index in [2.05, 4.69) is 28.1 Å². The van der Waals surface area contributed by atoms with Gasteiger partial charge in [0.15, 0.2) is 6.61 Å². The summed E-state index contributed by atoms with van der Waals surface area (Å²) in [5, 5.41) is 8.82. The van der Waals surface area contributed by atoms with Crippen LogP contribution in [0.4, 0.5) is 5.69 Å². The molecule has 1 fully saturated rings. The standard InChI is InChI=1S/C21H22ClN3O2/c1-15-6-5-11-25(13-15)18-9-2-3-10-19(18)26-14-20-23-24-21(27-20)16-7-4-8-17(22)12-16/h2-4,7-10,12,15H,5-6,11,13-14H2,1H3/t15-/m1/s1. The maximum atomic E-state index is 6.02. The Hall–Kier alpha value is -2.53. The molecule has 0 amide bonds. The van der Waals surface area contributed by atoms with Gasteiger partial charge in [0.25, 0.3) is 5.89 Å². The third kappa shape index (κ3) is 4.25. The quantitative estimate of drug-likeness (QED) is 0.605. The molecule has 1 aromatic heterocycles. The maximum Gasteiger partial charge on any atom is 0.254 e. The minimum atomic E-state index is 0.230. The molecule has 2 aromatic carbocycles. The summed E-state index contributed by atoms with van der Waals surface area (Å²) in [4.78, 5) is 2.40. The fraction of sp³-hybridized carbons (Fsp3) is 0.333. The normalized spacial score (nSPS) is 17.1. The molecule has 1 aliphatic heterocycles. The number of piperidine rings is 1. The Labute approximate surface area is 163 Å². The molecule has 6 heteroatoms. The van der Waals surface area contributed by atoms with Gasteiger partial charge in [0.05, 0.1) is 5.69 Å². The third-order valence-corrected chi connectivity index (χ3v) is 4.99. The van der Waals surface area contributed by atoms with Gasteiger partial charge in [0.2, 0.25) is 5.89 Å². The number of benzene rings is 2. The van der Waals surface area contributed by atoms with Gasteiger partial charge in [-0.15, -0.1) is 10.2 Å². The highest BCUT2D eigenvalue weighted by atomic mass is 35.5. The molecular formula is C21H22ClN3O2. The van der Waals surface area contributed by atoms with Crippen LogP contribution in [-0.2, 0) is 6.61 Å². The van der Waals surface area contributed by atoms with Crippen molar-refractivity contribution in [2.45, 2.75) is 26.4 Å². The first-order valence-corrected chi connectivity index (χ1v) is 9.62. The lowest BCUT2D eigenvalue weighted by atomic mass is 9.99. The zero-order valence-corrected chi connectivity index (χ0v) is 16.0. The topological polar surface area (TPSA) is 51.4 Å². The zero-order chi connectivity index (χ0) is 18.6. The van der Waals surface area contributed by atoms with E-state index < -0.39 is 0 Å². The van der Waals surface area contributed by atoms with Crippen LogP contribution in [0.2, 0.25) is 5.02 Å². The number of para-hydroxylation sites is 2. The van der Waals surface area contributed by atoms with Crippen LogP contribution in [-0.4, -0.2) is 23.3 Å². The number of aromatic nitrogens is 2. The van der Waals surface area contributed by atoms with Crippen LogP contribution in [0.15, 0.2) is 52.9 Å². The SMILES string of the molecule is C[C@@H]1CCCN(c2ccccc2OCc2nnc(-c3cccc(Cl)c3)o2)C1. The molecule has 0 unspecified atom stereocenters. The number of ether oxygens (including phenoxy) is 1. The molecule has 0 saturated carbocycles. The third-order valence-electron chi connectivity index (χ3n) is 4.75. The van der Waals surface area contributed by atoms with Crippen molar-refractivity contribution in [3.05, 3.63) is 59.4 Å². The molecule has 0 spiro atoms. The second-order valence-corrected chi connectivity index (χ2v) is 7.40. The van der Waals surface area contributed by atoms with Crippen LogP contribution in [0.25, 0.3) is 11.5 Å². The predicted octanol–water partition coefficient (Wildman–Crippen LogP) is 5.21. The molecule has 0 radical (unpaired) electrons. The molecule has 4 rings (SSSR count). The van der Waals surface area contributed by atoms with E-state index in [4.69, 9.17) is 20.8 Å². The number of halogens is 1. The van der Waals surface area contributed by atoms with Crippen LogP contribution in [0.5, 0.6) is 5.75 Å². The van der Waals surface area contributed by atoms with Crippen molar-refractivity contribution in [3.63, 3.8) is 0 Å². The van der Waals surface area contributed by atoms with Gasteiger partial charge in [-0.25, -0.2) is 0 Å². The lowest BCUT2D eigenvalue weighted by molar-refractivity contribution is 0.264. The number of anilines is 1. The first kappa shape index (κ1) is 17.9. The van der Waals surface area contributed by atoms with E-state index in [1.165, 1.54) is 12.8 Å². The summed E-state index contributed by atoms with van der Waals surface area (Å²) in [6.07, 6.45) is 2.50. The molecule has 1 atom stereocenters. The summed E-state index contributed by atoms with van der Waals surface area (Å²) in [6.45, 7) is 4.64. The summed E-state index contributed by atoms with van der Waals surface area (Å²) < 4.78 is 11.7. The van der Waals surface area contributed by atoms with Crippen molar-refractivity contribution in [1.29, 1.82) is 0 Å². The van der Waals surface area contributed by atoms with Gasteiger partial charge in [-0.1, -0.05) is 36.7 Å². The first-order valence-electron chi connectivity index (χ1n) is 9.24. The summed E-state index contributed by atoms with van der Waals surface area (Å²) in [7, 11) is 0. The van der Waals surface area contributed by atoms with Crippen LogP contribution in [0.1, 0.15) is 25.7 Å². The Kier molecular flexibility index (Phi) is 5.30. The van der Waals surface area contributed by atoms with Gasteiger partial charge in [0.1, 0.15) is 5.75 Å². The van der Waals surface area contributed by atoms with Crippen LogP contribution in [0.3, 0.4) is 0 Å². The Balaban J connectivity index is 1.47. The minimum Gasteiger partial charge on any atom is -0.482 e. The van der Waals surface area contributed by atoms with E-state index in [-0.39, 0.29) is 6.61 Å². The first-order chi connectivity index (χ1) is 13.2. The Bertz CT molecular complexity index is 912. The van der Waals surface area contributed by atoms with Gasteiger partial charge in [-0.2, -0.15) is 0 Å². The number of hydrogen-bond donors (Lipinski definition) is 0. The summed E-state index contributed by atoms with van der Waals surface area (Å²) in [6, 6.07) is 15.5.